The fraction of sp³-hybridized carbons (Fsp3) is 0.385. The van der Waals surface area contributed by atoms with E-state index < -0.39 is 0 Å². The summed E-state index contributed by atoms with van der Waals surface area (Å²) in [6.45, 7) is 6.54. The smallest absolute Gasteiger partial charge is 0.302 e. The van der Waals surface area contributed by atoms with Gasteiger partial charge in [0.2, 0.25) is 0 Å². The van der Waals surface area contributed by atoms with Crippen LogP contribution in [0.15, 0.2) is 71.0 Å². The number of fused-ring (bicyclic) bond motifs is 2. The Balaban J connectivity index is 1.52. The number of nitrogens with one attached hydrogen (secondary N) is 1. The highest BCUT2D eigenvalue weighted by Crippen LogP contribution is 2.46. The summed E-state index contributed by atoms with van der Waals surface area (Å²) in [7, 11) is 0. The van der Waals surface area contributed by atoms with Gasteiger partial charge in [-0.05, 0) is 67.4 Å². The van der Waals surface area contributed by atoms with Gasteiger partial charge in [-0.1, -0.05) is 30.9 Å². The maximum Gasteiger partial charge on any atom is 0.302 e. The maximum absolute atomic E-state index is 13.3. The third kappa shape index (κ3) is 4.66. The van der Waals surface area contributed by atoms with Crippen LogP contribution in [-0.2, 0) is 14.3 Å². The van der Waals surface area contributed by atoms with Crippen LogP contribution in [0.25, 0.3) is 0 Å². The summed E-state index contributed by atoms with van der Waals surface area (Å²) >= 11 is 0. The number of esters is 1. The van der Waals surface area contributed by atoms with Gasteiger partial charge in [0.1, 0.15) is 5.75 Å². The highest BCUT2D eigenvalue weighted by atomic mass is 16.5. The van der Waals surface area contributed by atoms with Crippen LogP contribution < -0.4 is 10.1 Å². The molecule has 1 aromatic carbocycles. The lowest BCUT2D eigenvalue weighted by molar-refractivity contribution is -0.141. The summed E-state index contributed by atoms with van der Waals surface area (Å²) in [4.78, 5) is 24.1. The molecule has 0 saturated carbocycles. The lowest BCUT2D eigenvalue weighted by Crippen LogP contribution is -2.24. The molecule has 1 aliphatic heterocycles. The molecular weight excluding hydrogens is 390 g/mol. The van der Waals surface area contributed by atoms with Crippen LogP contribution in [0.5, 0.6) is 5.75 Å². The normalized spacial score (nSPS) is 20.2. The molecule has 0 spiro atoms. The van der Waals surface area contributed by atoms with E-state index in [2.05, 4.69) is 24.0 Å². The Bertz CT molecular complexity index is 998. The maximum atomic E-state index is 13.3. The Kier molecular flexibility index (Phi) is 6.40. The molecule has 2 aliphatic carbocycles. The van der Waals surface area contributed by atoms with Crippen molar-refractivity contribution in [3.05, 3.63) is 76.5 Å². The van der Waals surface area contributed by atoms with Gasteiger partial charge in [-0.2, -0.15) is 0 Å². The number of benzene rings is 1. The Labute approximate surface area is 183 Å². The third-order valence-electron chi connectivity index (χ3n) is 5.91. The van der Waals surface area contributed by atoms with Gasteiger partial charge in [0.25, 0.3) is 0 Å². The van der Waals surface area contributed by atoms with Gasteiger partial charge in [0, 0.05) is 23.8 Å². The molecule has 1 atom stereocenters. The van der Waals surface area contributed by atoms with Gasteiger partial charge in [-0.25, -0.2) is 0 Å². The zero-order valence-corrected chi connectivity index (χ0v) is 18.0. The molecule has 5 heteroatoms. The first-order valence-electron chi connectivity index (χ1n) is 11.0. The number of hydrogen-bond acceptors (Lipinski definition) is 5. The second-order valence-corrected chi connectivity index (χ2v) is 8.18. The molecule has 1 aromatic rings. The summed E-state index contributed by atoms with van der Waals surface area (Å²) in [5.41, 5.74) is 5.98. The van der Waals surface area contributed by atoms with Gasteiger partial charge >= 0.3 is 5.97 Å². The van der Waals surface area contributed by atoms with Gasteiger partial charge in [0.05, 0.1) is 19.3 Å². The quantitative estimate of drug-likeness (QED) is 0.504. The highest BCUT2D eigenvalue weighted by Gasteiger charge is 2.39. The van der Waals surface area contributed by atoms with Crippen molar-refractivity contribution in [2.24, 2.45) is 0 Å². The first-order chi connectivity index (χ1) is 15.0. The lowest BCUT2D eigenvalue weighted by Gasteiger charge is -2.21. The molecular formula is C26H29NO4. The first kappa shape index (κ1) is 21.2. The third-order valence-corrected chi connectivity index (χ3v) is 5.91. The van der Waals surface area contributed by atoms with Gasteiger partial charge < -0.3 is 14.8 Å². The Hall–Kier alpha value is -3.08. The molecule has 31 heavy (non-hydrogen) atoms. The monoisotopic (exact) mass is 419 g/mol. The van der Waals surface area contributed by atoms with Gasteiger partial charge in [-0.3, -0.25) is 9.59 Å². The second-order valence-electron chi connectivity index (χ2n) is 8.18. The fourth-order valence-electron chi connectivity index (χ4n) is 4.45. The molecule has 0 aromatic heterocycles. The van der Waals surface area contributed by atoms with Crippen molar-refractivity contribution < 1.29 is 19.1 Å². The number of carbonyl (C=O) groups excluding carboxylic acids is 2. The number of ketones is 1. The second kappa shape index (κ2) is 9.38. The number of ether oxygens (including phenoxy) is 2. The molecule has 1 N–H and O–H groups in total. The zero-order valence-electron chi connectivity index (χ0n) is 18.0. The minimum atomic E-state index is -0.257. The molecule has 1 unspecified atom stereocenters. The Morgan fingerprint density at radius 1 is 1.13 bits per heavy atom. The van der Waals surface area contributed by atoms with E-state index >= 15 is 0 Å². The Morgan fingerprint density at radius 2 is 1.90 bits per heavy atom. The predicted molar refractivity (Wildman–Crippen MR) is 119 cm³/mol. The van der Waals surface area contributed by atoms with E-state index in [0.717, 1.165) is 72.3 Å². The van der Waals surface area contributed by atoms with Crippen molar-refractivity contribution in [3.63, 3.8) is 0 Å². The molecule has 162 valence electrons. The molecule has 4 rings (SSSR count). The minimum absolute atomic E-state index is 0.143. The molecule has 0 amide bonds. The SMILES string of the molecule is C=C1CCC2=C(C(=O)C3=CCCC=C32)C(c2cccc(OCCCCOC(C)=O)c2)N1. The van der Waals surface area contributed by atoms with Crippen LogP contribution in [0, 0.1) is 0 Å². The zero-order chi connectivity index (χ0) is 21.8. The van der Waals surface area contributed by atoms with Gasteiger partial charge in [-0.15, -0.1) is 0 Å². The number of unbranched alkanes of at least 4 members (excludes halogenated alkanes) is 1. The number of rotatable bonds is 7. The summed E-state index contributed by atoms with van der Waals surface area (Å²) in [5.74, 6) is 0.655. The summed E-state index contributed by atoms with van der Waals surface area (Å²) in [5, 5.41) is 3.50. The summed E-state index contributed by atoms with van der Waals surface area (Å²) < 4.78 is 10.9. The van der Waals surface area contributed by atoms with Crippen molar-refractivity contribution in [2.75, 3.05) is 13.2 Å². The average Bonchev–Trinajstić information content (AvgIpc) is 2.92. The molecule has 1 heterocycles. The Morgan fingerprint density at radius 3 is 2.71 bits per heavy atom. The first-order valence-corrected chi connectivity index (χ1v) is 11.0. The van der Waals surface area contributed by atoms with Crippen molar-refractivity contribution in [1.29, 1.82) is 0 Å². The van der Waals surface area contributed by atoms with Crippen LogP contribution in [-0.4, -0.2) is 25.0 Å². The topological polar surface area (TPSA) is 64.6 Å². The molecule has 3 aliphatic rings. The fourth-order valence-corrected chi connectivity index (χ4v) is 4.45. The molecule has 0 saturated heterocycles. The van der Waals surface area contributed by atoms with E-state index in [1.54, 1.807) is 0 Å². The number of allylic oxidation sites excluding steroid dienone is 6. The van der Waals surface area contributed by atoms with Crippen molar-refractivity contribution in [2.45, 2.75) is 51.5 Å². The van der Waals surface area contributed by atoms with Crippen molar-refractivity contribution >= 4 is 11.8 Å². The largest absolute Gasteiger partial charge is 0.494 e. The van der Waals surface area contributed by atoms with E-state index in [9.17, 15) is 9.59 Å². The van der Waals surface area contributed by atoms with Crippen LogP contribution >= 0.6 is 0 Å². The molecule has 0 bridgehead atoms. The van der Waals surface area contributed by atoms with E-state index in [-0.39, 0.29) is 17.8 Å². The van der Waals surface area contributed by atoms with Crippen LogP contribution in [0.3, 0.4) is 0 Å². The summed E-state index contributed by atoms with van der Waals surface area (Å²) in [6, 6.07) is 7.71. The summed E-state index contributed by atoms with van der Waals surface area (Å²) in [6.07, 6.45) is 9.45. The molecule has 5 nitrogen and oxygen atoms in total. The average molecular weight is 420 g/mol. The van der Waals surface area contributed by atoms with Gasteiger partial charge in [0.15, 0.2) is 5.78 Å². The number of hydrogen-bond donors (Lipinski definition) is 1. The standard InChI is InChI=1S/C26H29NO4/c1-17-12-13-22-21-10-3-4-11-23(21)26(29)24(22)25(27-17)19-8-7-9-20(16-19)31-15-6-5-14-30-18(2)28/h7-11,16,25,27H,1,3-6,12-15H2,2H3. The van der Waals surface area contributed by atoms with Crippen LogP contribution in [0.2, 0.25) is 0 Å². The lowest BCUT2D eigenvalue weighted by atomic mass is 9.94. The van der Waals surface area contributed by atoms with E-state index in [0.29, 0.717) is 13.2 Å². The van der Waals surface area contributed by atoms with E-state index in [4.69, 9.17) is 9.47 Å². The molecule has 0 fully saturated rings. The highest BCUT2D eigenvalue weighted by molar-refractivity contribution is 6.18. The predicted octanol–water partition coefficient (Wildman–Crippen LogP) is 4.87. The van der Waals surface area contributed by atoms with Crippen molar-refractivity contribution in [3.8, 4) is 5.75 Å². The van der Waals surface area contributed by atoms with E-state index in [1.165, 1.54) is 12.5 Å². The van der Waals surface area contributed by atoms with E-state index in [1.807, 2.05) is 24.3 Å². The van der Waals surface area contributed by atoms with Crippen LogP contribution in [0.4, 0.5) is 0 Å². The minimum Gasteiger partial charge on any atom is -0.494 e. The number of Topliss-reactive ketones (excluding diaryl/α,β-unsaturated/α-hetero) is 1. The number of carbonyl (C=O) groups is 2. The van der Waals surface area contributed by atoms with Crippen LogP contribution in [0.1, 0.15) is 57.1 Å². The molecule has 0 radical (unpaired) electrons. The van der Waals surface area contributed by atoms with Crippen molar-refractivity contribution in [1.82, 2.24) is 5.32 Å².